The minimum atomic E-state index is -0.340. The van der Waals surface area contributed by atoms with E-state index in [2.05, 4.69) is 11.0 Å². The molecule has 2 N–H and O–H groups in total. The second-order valence-electron chi connectivity index (χ2n) is 7.59. The van der Waals surface area contributed by atoms with Crippen LogP contribution >= 0.6 is 0 Å². The zero-order valence-electron chi connectivity index (χ0n) is 15.7. The molecular weight excluding hydrogens is 344 g/mol. The molecule has 0 unspecified atom stereocenters. The Hall–Kier alpha value is -1.96. The first kappa shape index (κ1) is 18.4. The molecule has 0 spiro atoms. The van der Waals surface area contributed by atoms with E-state index in [1.807, 2.05) is 28.0 Å². The molecule has 2 fully saturated rings. The van der Waals surface area contributed by atoms with Crippen LogP contribution in [-0.4, -0.2) is 79.6 Å². The molecule has 2 atom stereocenters. The molecular formula is C20H28N4O3. The van der Waals surface area contributed by atoms with E-state index in [0.29, 0.717) is 26.2 Å². The van der Waals surface area contributed by atoms with Crippen LogP contribution in [0.4, 0.5) is 5.69 Å². The Morgan fingerprint density at radius 2 is 1.85 bits per heavy atom. The summed E-state index contributed by atoms with van der Waals surface area (Å²) in [6, 6.07) is 8.11. The Morgan fingerprint density at radius 3 is 2.59 bits per heavy atom. The number of amides is 2. The maximum atomic E-state index is 12.7. The highest BCUT2D eigenvalue weighted by molar-refractivity contribution is 5.96. The minimum Gasteiger partial charge on any atom is -0.364 e. The maximum absolute atomic E-state index is 12.7. The summed E-state index contributed by atoms with van der Waals surface area (Å²) in [5.41, 5.74) is 7.92. The normalized spacial score (nSPS) is 25.7. The van der Waals surface area contributed by atoms with Gasteiger partial charge in [-0.2, -0.15) is 0 Å². The summed E-state index contributed by atoms with van der Waals surface area (Å²) < 4.78 is 5.73. The first-order valence-electron chi connectivity index (χ1n) is 9.90. The Kier molecular flexibility index (Phi) is 5.43. The Labute approximate surface area is 160 Å². The van der Waals surface area contributed by atoms with Crippen LogP contribution in [0, 0.1) is 0 Å². The number of nitrogens with zero attached hydrogens (tertiary/aromatic N) is 3. The fraction of sp³-hybridized carbons (Fsp3) is 0.600. The quantitative estimate of drug-likeness (QED) is 0.818. The van der Waals surface area contributed by atoms with Crippen molar-refractivity contribution >= 4 is 17.5 Å². The third kappa shape index (κ3) is 3.85. The summed E-state index contributed by atoms with van der Waals surface area (Å²) in [5.74, 6) is 0.218. The summed E-state index contributed by atoms with van der Waals surface area (Å²) in [6.07, 6.45) is 2.22. The lowest BCUT2D eigenvalue weighted by Gasteiger charge is -2.36. The van der Waals surface area contributed by atoms with Gasteiger partial charge in [0.1, 0.15) is 6.10 Å². The van der Waals surface area contributed by atoms with Crippen LogP contribution in [0.5, 0.6) is 0 Å². The zero-order valence-corrected chi connectivity index (χ0v) is 15.7. The Morgan fingerprint density at radius 1 is 1.07 bits per heavy atom. The highest BCUT2D eigenvalue weighted by atomic mass is 16.5. The van der Waals surface area contributed by atoms with E-state index in [9.17, 15) is 9.59 Å². The number of ether oxygens (including phenoxy) is 1. The molecule has 0 radical (unpaired) electrons. The Bertz CT molecular complexity index is 702. The SMILES string of the molecule is NC[C@H]1CC[C@@H](C(=O)N2CCN(CC(=O)N3CCc4ccccc43)CC2)O1. The lowest BCUT2D eigenvalue weighted by Crippen LogP contribution is -2.53. The average molecular weight is 372 g/mol. The van der Waals surface area contributed by atoms with Gasteiger partial charge in [-0.15, -0.1) is 0 Å². The lowest BCUT2D eigenvalue weighted by atomic mass is 10.1. The zero-order chi connectivity index (χ0) is 18.8. The lowest BCUT2D eigenvalue weighted by molar-refractivity contribution is -0.144. The van der Waals surface area contributed by atoms with Crippen LogP contribution in [0.25, 0.3) is 0 Å². The molecule has 2 saturated heterocycles. The van der Waals surface area contributed by atoms with Gasteiger partial charge in [-0.1, -0.05) is 18.2 Å². The van der Waals surface area contributed by atoms with Crippen molar-refractivity contribution in [3.63, 3.8) is 0 Å². The summed E-state index contributed by atoms with van der Waals surface area (Å²) in [7, 11) is 0. The van der Waals surface area contributed by atoms with Crippen molar-refractivity contribution in [2.75, 3.05) is 50.7 Å². The first-order valence-corrected chi connectivity index (χ1v) is 9.90. The molecule has 0 bridgehead atoms. The van der Waals surface area contributed by atoms with Gasteiger partial charge in [0, 0.05) is 45.0 Å². The van der Waals surface area contributed by atoms with E-state index < -0.39 is 0 Å². The van der Waals surface area contributed by atoms with Crippen molar-refractivity contribution in [3.8, 4) is 0 Å². The second kappa shape index (κ2) is 7.96. The fourth-order valence-corrected chi connectivity index (χ4v) is 4.26. The van der Waals surface area contributed by atoms with Gasteiger partial charge in [0.2, 0.25) is 5.91 Å². The van der Waals surface area contributed by atoms with Crippen LogP contribution in [0.3, 0.4) is 0 Å². The molecule has 146 valence electrons. The number of hydrogen-bond acceptors (Lipinski definition) is 5. The van der Waals surface area contributed by atoms with Crippen molar-refractivity contribution < 1.29 is 14.3 Å². The highest BCUT2D eigenvalue weighted by Gasteiger charge is 2.34. The van der Waals surface area contributed by atoms with Gasteiger partial charge in [-0.3, -0.25) is 14.5 Å². The van der Waals surface area contributed by atoms with Crippen LogP contribution in [-0.2, 0) is 20.7 Å². The molecule has 0 saturated carbocycles. The van der Waals surface area contributed by atoms with Crippen molar-refractivity contribution in [3.05, 3.63) is 29.8 Å². The molecule has 3 aliphatic rings. The number of benzene rings is 1. The van der Waals surface area contributed by atoms with Crippen molar-refractivity contribution in [2.45, 2.75) is 31.5 Å². The van der Waals surface area contributed by atoms with E-state index in [-0.39, 0.29) is 24.0 Å². The number of hydrogen-bond donors (Lipinski definition) is 1. The second-order valence-corrected chi connectivity index (χ2v) is 7.59. The number of para-hydroxylation sites is 1. The molecule has 3 aliphatic heterocycles. The van der Waals surface area contributed by atoms with Crippen LogP contribution < -0.4 is 10.6 Å². The largest absolute Gasteiger partial charge is 0.364 e. The number of carbonyl (C=O) groups excluding carboxylic acids is 2. The number of carbonyl (C=O) groups is 2. The van der Waals surface area contributed by atoms with Crippen molar-refractivity contribution in [2.24, 2.45) is 5.73 Å². The summed E-state index contributed by atoms with van der Waals surface area (Å²) >= 11 is 0. The standard InChI is InChI=1S/C20H28N4O3/c21-13-16-5-6-18(27-16)20(26)23-11-9-22(10-12-23)14-19(25)24-8-7-15-3-1-2-4-17(15)24/h1-4,16,18H,5-14,21H2/t16-,18+/m1/s1. The van der Waals surface area contributed by atoms with E-state index >= 15 is 0 Å². The maximum Gasteiger partial charge on any atom is 0.251 e. The van der Waals surface area contributed by atoms with Gasteiger partial charge < -0.3 is 20.3 Å². The van der Waals surface area contributed by atoms with E-state index in [4.69, 9.17) is 10.5 Å². The molecule has 0 aliphatic carbocycles. The third-order valence-corrected chi connectivity index (χ3v) is 5.88. The third-order valence-electron chi connectivity index (χ3n) is 5.88. The molecule has 2 amide bonds. The van der Waals surface area contributed by atoms with Gasteiger partial charge in [0.25, 0.3) is 5.91 Å². The van der Waals surface area contributed by atoms with Gasteiger partial charge in [0.05, 0.1) is 12.6 Å². The topological polar surface area (TPSA) is 79.1 Å². The molecule has 4 rings (SSSR count). The summed E-state index contributed by atoms with van der Waals surface area (Å²) in [4.78, 5) is 31.3. The number of rotatable bonds is 4. The van der Waals surface area contributed by atoms with E-state index in [0.717, 1.165) is 44.6 Å². The first-order chi connectivity index (χ1) is 13.2. The van der Waals surface area contributed by atoms with Gasteiger partial charge >= 0.3 is 0 Å². The molecule has 3 heterocycles. The molecule has 1 aromatic carbocycles. The minimum absolute atomic E-state index is 0.0150. The van der Waals surface area contributed by atoms with Crippen molar-refractivity contribution in [1.82, 2.24) is 9.80 Å². The van der Waals surface area contributed by atoms with E-state index in [1.165, 1.54) is 5.56 Å². The average Bonchev–Trinajstić information content (AvgIpc) is 3.35. The number of piperazine rings is 1. The molecule has 7 nitrogen and oxygen atoms in total. The van der Waals surface area contributed by atoms with E-state index in [1.54, 1.807) is 0 Å². The number of nitrogens with two attached hydrogens (primary N) is 1. The Balaban J connectivity index is 1.26. The monoisotopic (exact) mass is 372 g/mol. The predicted octanol–water partition coefficient (Wildman–Crippen LogP) is 0.226. The molecule has 0 aromatic heterocycles. The van der Waals surface area contributed by atoms with Crippen molar-refractivity contribution in [1.29, 1.82) is 0 Å². The highest BCUT2D eigenvalue weighted by Crippen LogP contribution is 2.27. The van der Waals surface area contributed by atoms with Gasteiger partial charge in [0.15, 0.2) is 0 Å². The molecule has 1 aromatic rings. The smallest absolute Gasteiger partial charge is 0.251 e. The van der Waals surface area contributed by atoms with Crippen LogP contribution in [0.2, 0.25) is 0 Å². The van der Waals surface area contributed by atoms with Crippen LogP contribution in [0.15, 0.2) is 24.3 Å². The number of anilines is 1. The molecule has 27 heavy (non-hydrogen) atoms. The molecule has 7 heteroatoms. The van der Waals surface area contributed by atoms with Crippen LogP contribution in [0.1, 0.15) is 18.4 Å². The summed E-state index contributed by atoms with van der Waals surface area (Å²) in [5, 5.41) is 0. The van der Waals surface area contributed by atoms with Gasteiger partial charge in [-0.05, 0) is 30.9 Å². The fourth-order valence-electron chi connectivity index (χ4n) is 4.26. The van der Waals surface area contributed by atoms with Gasteiger partial charge in [-0.25, -0.2) is 0 Å². The summed E-state index contributed by atoms with van der Waals surface area (Å²) in [6.45, 7) is 4.38. The predicted molar refractivity (Wildman–Crippen MR) is 102 cm³/mol. The number of fused-ring (bicyclic) bond motifs is 1.